The number of alkyl halides is 3. The molecular formula is C18H15F3N4O2. The molecule has 0 aliphatic rings. The lowest BCUT2D eigenvalue weighted by Crippen LogP contribution is -2.17. The van der Waals surface area contributed by atoms with Gasteiger partial charge in [0.25, 0.3) is 0 Å². The first-order chi connectivity index (χ1) is 12.8. The van der Waals surface area contributed by atoms with E-state index < -0.39 is 6.36 Å². The number of halogens is 3. The van der Waals surface area contributed by atoms with Crippen LogP contribution in [0.5, 0.6) is 11.5 Å². The number of aromatic hydroxyl groups is 1. The van der Waals surface area contributed by atoms with E-state index in [1.165, 1.54) is 30.3 Å². The summed E-state index contributed by atoms with van der Waals surface area (Å²) in [4.78, 5) is 8.53. The van der Waals surface area contributed by atoms with Gasteiger partial charge < -0.3 is 20.5 Å². The Bertz CT molecular complexity index is 948. The molecule has 0 spiro atoms. The predicted octanol–water partition coefficient (Wildman–Crippen LogP) is 4.53. The smallest absolute Gasteiger partial charge is 0.508 e. The molecule has 3 rings (SSSR count). The van der Waals surface area contributed by atoms with Crippen LogP contribution in [0.15, 0.2) is 54.6 Å². The summed E-state index contributed by atoms with van der Waals surface area (Å²) in [5.41, 5.74) is 1.41. The highest BCUT2D eigenvalue weighted by Crippen LogP contribution is 2.29. The molecule has 0 aliphatic carbocycles. The van der Waals surface area contributed by atoms with E-state index in [-0.39, 0.29) is 17.4 Å². The lowest BCUT2D eigenvalue weighted by molar-refractivity contribution is -0.274. The second kappa shape index (κ2) is 7.40. The maximum absolute atomic E-state index is 12.4. The highest BCUT2D eigenvalue weighted by atomic mass is 19.4. The number of anilines is 3. The van der Waals surface area contributed by atoms with Crippen LogP contribution in [-0.2, 0) is 0 Å². The summed E-state index contributed by atoms with van der Waals surface area (Å²) in [7, 11) is 1.63. The molecule has 140 valence electrons. The van der Waals surface area contributed by atoms with Gasteiger partial charge in [0.2, 0.25) is 5.95 Å². The van der Waals surface area contributed by atoms with E-state index in [9.17, 15) is 18.3 Å². The monoisotopic (exact) mass is 376 g/mol. The Labute approximate surface area is 152 Å². The molecule has 0 radical (unpaired) electrons. The minimum absolute atomic E-state index is 0.0834. The Morgan fingerprint density at radius 1 is 1.00 bits per heavy atom. The van der Waals surface area contributed by atoms with E-state index >= 15 is 0 Å². The zero-order valence-corrected chi connectivity index (χ0v) is 14.1. The zero-order chi connectivity index (χ0) is 19.4. The number of phenols is 1. The number of ether oxygens (including phenoxy) is 1. The van der Waals surface area contributed by atoms with Crippen molar-refractivity contribution in [3.05, 3.63) is 54.6 Å². The van der Waals surface area contributed by atoms with Crippen molar-refractivity contribution in [1.29, 1.82) is 0 Å². The van der Waals surface area contributed by atoms with Gasteiger partial charge in [-0.3, -0.25) is 0 Å². The number of benzene rings is 2. The molecule has 0 atom stereocenters. The summed E-state index contributed by atoms with van der Waals surface area (Å²) >= 11 is 0. The van der Waals surface area contributed by atoms with Crippen LogP contribution in [0.3, 0.4) is 0 Å². The molecule has 0 fully saturated rings. The molecule has 0 amide bonds. The fourth-order valence-electron chi connectivity index (χ4n) is 2.36. The van der Waals surface area contributed by atoms with Crippen molar-refractivity contribution >= 4 is 17.5 Å². The molecular weight excluding hydrogens is 361 g/mol. The third-order valence-corrected chi connectivity index (χ3v) is 3.43. The molecule has 0 saturated heterocycles. The maximum Gasteiger partial charge on any atom is 0.573 e. The lowest BCUT2D eigenvalue weighted by Gasteiger charge is -2.12. The first-order valence-electron chi connectivity index (χ1n) is 7.81. The molecule has 1 heterocycles. The summed E-state index contributed by atoms with van der Waals surface area (Å²) in [6.07, 6.45) is -4.78. The molecule has 9 heteroatoms. The first-order valence-corrected chi connectivity index (χ1v) is 7.81. The van der Waals surface area contributed by atoms with Crippen LogP contribution < -0.4 is 15.4 Å². The predicted molar refractivity (Wildman–Crippen MR) is 95.1 cm³/mol. The maximum atomic E-state index is 12.4. The molecule has 0 unspecified atom stereocenters. The van der Waals surface area contributed by atoms with E-state index in [0.717, 1.165) is 0 Å². The van der Waals surface area contributed by atoms with Crippen LogP contribution in [0.25, 0.3) is 11.3 Å². The van der Waals surface area contributed by atoms with Crippen molar-refractivity contribution in [1.82, 2.24) is 9.97 Å². The largest absolute Gasteiger partial charge is 0.573 e. The van der Waals surface area contributed by atoms with Crippen molar-refractivity contribution in [3.8, 4) is 22.8 Å². The summed E-state index contributed by atoms with van der Waals surface area (Å²) in [5.74, 6) is 0.418. The average Bonchev–Trinajstić information content (AvgIpc) is 2.60. The van der Waals surface area contributed by atoms with E-state index in [1.807, 2.05) is 0 Å². The third kappa shape index (κ3) is 5.00. The normalized spacial score (nSPS) is 11.1. The highest BCUT2D eigenvalue weighted by molar-refractivity contribution is 5.68. The first kappa shape index (κ1) is 18.3. The number of rotatable bonds is 5. The molecule has 6 nitrogen and oxygen atoms in total. The fraction of sp³-hybridized carbons (Fsp3) is 0.111. The van der Waals surface area contributed by atoms with E-state index in [1.54, 1.807) is 31.3 Å². The molecule has 2 aromatic carbocycles. The van der Waals surface area contributed by atoms with Gasteiger partial charge in [-0.2, -0.15) is 4.98 Å². The summed E-state index contributed by atoms with van der Waals surface area (Å²) in [6.45, 7) is 0. The molecule has 3 aromatic rings. The fourth-order valence-corrected chi connectivity index (χ4v) is 2.36. The van der Waals surface area contributed by atoms with E-state index in [2.05, 4.69) is 25.3 Å². The molecule has 1 aromatic heterocycles. The van der Waals surface area contributed by atoms with Crippen LogP contribution >= 0.6 is 0 Å². The van der Waals surface area contributed by atoms with Gasteiger partial charge in [-0.15, -0.1) is 13.2 Å². The van der Waals surface area contributed by atoms with Crippen LogP contribution in [0.2, 0.25) is 0 Å². The van der Waals surface area contributed by atoms with Crippen molar-refractivity contribution < 1.29 is 23.0 Å². The van der Waals surface area contributed by atoms with Gasteiger partial charge in [-0.25, -0.2) is 4.98 Å². The van der Waals surface area contributed by atoms with Crippen LogP contribution in [-0.4, -0.2) is 28.5 Å². The SMILES string of the molecule is CNc1nc(Nc2cccc(O)c2)cc(-c2cccc(OC(F)(F)F)c2)n1. The second-order valence-electron chi connectivity index (χ2n) is 5.46. The third-order valence-electron chi connectivity index (χ3n) is 3.43. The molecule has 3 N–H and O–H groups in total. The summed E-state index contributed by atoms with van der Waals surface area (Å²) < 4.78 is 41.3. The minimum atomic E-state index is -4.78. The van der Waals surface area contributed by atoms with Crippen molar-refractivity contribution in [3.63, 3.8) is 0 Å². The molecule has 27 heavy (non-hydrogen) atoms. The lowest BCUT2D eigenvalue weighted by atomic mass is 10.1. The van der Waals surface area contributed by atoms with Gasteiger partial charge >= 0.3 is 6.36 Å². The van der Waals surface area contributed by atoms with Crippen LogP contribution in [0.4, 0.5) is 30.6 Å². The number of hydrogen-bond donors (Lipinski definition) is 3. The topological polar surface area (TPSA) is 79.3 Å². The Morgan fingerprint density at radius 2 is 1.78 bits per heavy atom. The Morgan fingerprint density at radius 3 is 2.48 bits per heavy atom. The van der Waals surface area contributed by atoms with Gasteiger partial charge in [-0.05, 0) is 24.3 Å². The van der Waals surface area contributed by atoms with E-state index in [0.29, 0.717) is 22.8 Å². The summed E-state index contributed by atoms with van der Waals surface area (Å²) in [6, 6.07) is 13.5. The number of aromatic nitrogens is 2. The van der Waals surface area contributed by atoms with Crippen molar-refractivity contribution in [2.45, 2.75) is 6.36 Å². The molecule has 0 bridgehead atoms. The average molecular weight is 376 g/mol. The second-order valence-corrected chi connectivity index (χ2v) is 5.46. The number of hydrogen-bond acceptors (Lipinski definition) is 6. The quantitative estimate of drug-likeness (QED) is 0.607. The number of phenolic OH excluding ortho intramolecular Hbond substituents is 1. The standard InChI is InChI=1S/C18H15F3N4O2/c1-22-17-24-15(11-4-2-7-14(8-11)27-18(19,20)21)10-16(25-17)23-12-5-3-6-13(26)9-12/h2-10,26H,1H3,(H2,22,23,24,25). The van der Waals surface area contributed by atoms with Crippen LogP contribution in [0.1, 0.15) is 0 Å². The van der Waals surface area contributed by atoms with E-state index in [4.69, 9.17) is 0 Å². The van der Waals surface area contributed by atoms with Crippen molar-refractivity contribution in [2.75, 3.05) is 17.7 Å². The van der Waals surface area contributed by atoms with Crippen molar-refractivity contribution in [2.24, 2.45) is 0 Å². The Hall–Kier alpha value is -3.49. The minimum Gasteiger partial charge on any atom is -0.508 e. The molecule has 0 aliphatic heterocycles. The number of nitrogens with zero attached hydrogens (tertiary/aromatic N) is 2. The molecule has 0 saturated carbocycles. The summed E-state index contributed by atoms with van der Waals surface area (Å²) in [5, 5.41) is 15.4. The van der Waals surface area contributed by atoms with Gasteiger partial charge in [0.15, 0.2) is 0 Å². The Balaban J connectivity index is 1.95. The Kier molecular flexibility index (Phi) is 5.02. The highest BCUT2D eigenvalue weighted by Gasteiger charge is 2.31. The zero-order valence-electron chi connectivity index (χ0n) is 14.1. The van der Waals surface area contributed by atoms with Gasteiger partial charge in [0.1, 0.15) is 17.3 Å². The van der Waals surface area contributed by atoms with Crippen LogP contribution in [0, 0.1) is 0 Å². The number of nitrogens with one attached hydrogen (secondary N) is 2. The van der Waals surface area contributed by atoms with Gasteiger partial charge in [0.05, 0.1) is 5.69 Å². The van der Waals surface area contributed by atoms with Gasteiger partial charge in [0, 0.05) is 30.4 Å². The van der Waals surface area contributed by atoms with Gasteiger partial charge in [-0.1, -0.05) is 18.2 Å².